The molecule has 1 atom stereocenters. The fourth-order valence-electron chi connectivity index (χ4n) is 2.49. The van der Waals surface area contributed by atoms with Crippen LogP contribution < -0.4 is 0 Å². The van der Waals surface area contributed by atoms with Crippen molar-refractivity contribution in [2.24, 2.45) is 0 Å². The Morgan fingerprint density at radius 1 is 1.00 bits per heavy atom. The summed E-state index contributed by atoms with van der Waals surface area (Å²) < 4.78 is 5.84. The molecule has 1 unspecified atom stereocenters. The quantitative estimate of drug-likeness (QED) is 0.688. The zero-order valence-corrected chi connectivity index (χ0v) is 9.36. The van der Waals surface area contributed by atoms with Crippen LogP contribution in [0, 0.1) is 0 Å². The Balaban J connectivity index is 1.81. The van der Waals surface area contributed by atoms with Crippen molar-refractivity contribution in [1.82, 2.24) is 0 Å². The zero-order valence-electron chi connectivity index (χ0n) is 9.36. The van der Waals surface area contributed by atoms with Crippen LogP contribution in [0.3, 0.4) is 0 Å². The van der Waals surface area contributed by atoms with Gasteiger partial charge in [-0.15, -0.1) is 0 Å². The van der Waals surface area contributed by atoms with Gasteiger partial charge in [-0.3, -0.25) is 0 Å². The predicted octanol–water partition coefficient (Wildman–Crippen LogP) is 3.79. The molecule has 0 radical (unpaired) electrons. The Morgan fingerprint density at radius 2 is 1.81 bits per heavy atom. The highest BCUT2D eigenvalue weighted by Crippen LogP contribution is 2.35. The number of rotatable bonds is 1. The molecule has 0 saturated carbocycles. The maximum atomic E-state index is 5.84. The van der Waals surface area contributed by atoms with Gasteiger partial charge < -0.3 is 4.74 Å². The maximum Gasteiger partial charge on any atom is 0.118 e. The Kier molecular flexibility index (Phi) is 2.53. The fraction of sp³-hybridized carbons (Fsp3) is 0.333. The summed E-state index contributed by atoms with van der Waals surface area (Å²) in [4.78, 5) is 0. The molecule has 1 aromatic carbocycles. The van der Waals surface area contributed by atoms with Crippen LogP contribution in [0.4, 0.5) is 0 Å². The molecular weight excluding hydrogens is 196 g/mol. The third kappa shape index (κ3) is 1.78. The molecule has 1 heterocycles. The summed E-state index contributed by atoms with van der Waals surface area (Å²) in [5.74, 6) is 1.67. The first-order valence-electron chi connectivity index (χ1n) is 6.01. The minimum absolute atomic E-state index is 0.530. The first-order chi connectivity index (χ1) is 7.93. The molecule has 1 aromatic rings. The molecule has 1 saturated heterocycles. The standard InChI is InChI=1S/C15H16O/c1-2-6-12(7-3-1)14-10-13-8-4-5-9-15(13)16-11-14/h1-3,6-9,14H,4-5,10-11H2. The maximum absolute atomic E-state index is 5.84. The molecule has 0 bridgehead atoms. The van der Waals surface area contributed by atoms with Crippen molar-refractivity contribution in [2.75, 3.05) is 6.61 Å². The molecule has 0 spiro atoms. The van der Waals surface area contributed by atoms with Crippen molar-refractivity contribution >= 4 is 0 Å². The molecule has 2 aliphatic rings. The SMILES string of the molecule is C1=C2CC(c3ccccc3)COC2=CCC1. The summed E-state index contributed by atoms with van der Waals surface area (Å²) in [6.45, 7) is 0.827. The first kappa shape index (κ1) is 9.71. The lowest BCUT2D eigenvalue weighted by atomic mass is 9.87. The van der Waals surface area contributed by atoms with E-state index in [4.69, 9.17) is 4.74 Å². The van der Waals surface area contributed by atoms with E-state index < -0.39 is 0 Å². The lowest BCUT2D eigenvalue weighted by Crippen LogP contribution is -2.17. The van der Waals surface area contributed by atoms with Crippen molar-refractivity contribution in [3.8, 4) is 0 Å². The third-order valence-corrected chi connectivity index (χ3v) is 3.38. The molecule has 0 N–H and O–H groups in total. The Hall–Kier alpha value is -1.50. The highest BCUT2D eigenvalue weighted by Gasteiger charge is 2.24. The van der Waals surface area contributed by atoms with Gasteiger partial charge in [-0.1, -0.05) is 36.4 Å². The molecule has 1 heteroatoms. The molecular formula is C15H16O. The van der Waals surface area contributed by atoms with Crippen LogP contribution in [0.2, 0.25) is 0 Å². The van der Waals surface area contributed by atoms with Crippen LogP contribution in [-0.2, 0) is 4.74 Å². The average Bonchev–Trinajstić information content (AvgIpc) is 2.39. The summed E-state index contributed by atoms with van der Waals surface area (Å²) in [5.41, 5.74) is 2.80. The number of hydrogen-bond donors (Lipinski definition) is 0. The highest BCUT2D eigenvalue weighted by atomic mass is 16.5. The average molecular weight is 212 g/mol. The topological polar surface area (TPSA) is 9.23 Å². The van der Waals surface area contributed by atoms with E-state index in [1.54, 1.807) is 0 Å². The monoisotopic (exact) mass is 212 g/mol. The van der Waals surface area contributed by atoms with Crippen molar-refractivity contribution in [2.45, 2.75) is 25.2 Å². The van der Waals surface area contributed by atoms with E-state index in [0.717, 1.165) is 25.2 Å². The van der Waals surface area contributed by atoms with Crippen molar-refractivity contribution in [1.29, 1.82) is 0 Å². The minimum atomic E-state index is 0.530. The van der Waals surface area contributed by atoms with Gasteiger partial charge >= 0.3 is 0 Å². The van der Waals surface area contributed by atoms with E-state index in [-0.39, 0.29) is 0 Å². The number of ether oxygens (including phenoxy) is 1. The molecule has 1 aliphatic carbocycles. The van der Waals surface area contributed by atoms with E-state index in [0.29, 0.717) is 5.92 Å². The van der Waals surface area contributed by atoms with Gasteiger partial charge in [0.25, 0.3) is 0 Å². The van der Waals surface area contributed by atoms with Gasteiger partial charge in [0, 0.05) is 5.92 Å². The number of fused-ring (bicyclic) bond motifs is 1. The van der Waals surface area contributed by atoms with Crippen LogP contribution >= 0.6 is 0 Å². The zero-order chi connectivity index (χ0) is 10.8. The Bertz CT molecular complexity index is 428. The molecule has 0 amide bonds. The normalized spacial score (nSPS) is 23.9. The van der Waals surface area contributed by atoms with Gasteiger partial charge in [-0.25, -0.2) is 0 Å². The summed E-state index contributed by atoms with van der Waals surface area (Å²) in [6, 6.07) is 10.7. The second-order valence-electron chi connectivity index (χ2n) is 4.50. The number of benzene rings is 1. The van der Waals surface area contributed by atoms with Crippen molar-refractivity contribution < 1.29 is 4.74 Å². The van der Waals surface area contributed by atoms with Gasteiger partial charge in [0.2, 0.25) is 0 Å². The van der Waals surface area contributed by atoms with Gasteiger partial charge in [-0.05, 0) is 36.5 Å². The van der Waals surface area contributed by atoms with E-state index in [2.05, 4.69) is 42.5 Å². The lowest BCUT2D eigenvalue weighted by Gasteiger charge is -2.29. The molecule has 16 heavy (non-hydrogen) atoms. The molecule has 1 aliphatic heterocycles. The summed E-state index contributed by atoms with van der Waals surface area (Å²) in [6.07, 6.45) is 8.01. The van der Waals surface area contributed by atoms with Crippen LogP contribution in [0.15, 0.2) is 53.8 Å². The molecule has 1 fully saturated rings. The van der Waals surface area contributed by atoms with Crippen LogP contribution in [-0.4, -0.2) is 6.61 Å². The Morgan fingerprint density at radius 3 is 2.69 bits per heavy atom. The molecule has 82 valence electrons. The minimum Gasteiger partial charge on any atom is -0.493 e. The predicted molar refractivity (Wildman–Crippen MR) is 65.2 cm³/mol. The van der Waals surface area contributed by atoms with Crippen LogP contribution in [0.1, 0.15) is 30.7 Å². The summed E-state index contributed by atoms with van der Waals surface area (Å²) in [5, 5.41) is 0. The third-order valence-electron chi connectivity index (χ3n) is 3.38. The van der Waals surface area contributed by atoms with Gasteiger partial charge in [-0.2, -0.15) is 0 Å². The lowest BCUT2D eigenvalue weighted by molar-refractivity contribution is 0.171. The Labute approximate surface area is 96.4 Å². The fourth-order valence-corrected chi connectivity index (χ4v) is 2.49. The van der Waals surface area contributed by atoms with E-state index in [1.165, 1.54) is 17.6 Å². The number of allylic oxidation sites excluding steroid dienone is 3. The van der Waals surface area contributed by atoms with Crippen molar-refractivity contribution in [3.63, 3.8) is 0 Å². The summed E-state index contributed by atoms with van der Waals surface area (Å²) >= 11 is 0. The van der Waals surface area contributed by atoms with Gasteiger partial charge in [0.05, 0.1) is 6.61 Å². The van der Waals surface area contributed by atoms with Crippen molar-refractivity contribution in [3.05, 3.63) is 59.4 Å². The highest BCUT2D eigenvalue weighted by molar-refractivity contribution is 5.34. The molecule has 1 nitrogen and oxygen atoms in total. The largest absolute Gasteiger partial charge is 0.493 e. The number of hydrogen-bond acceptors (Lipinski definition) is 1. The van der Waals surface area contributed by atoms with Crippen LogP contribution in [0.25, 0.3) is 0 Å². The van der Waals surface area contributed by atoms with Crippen LogP contribution in [0.5, 0.6) is 0 Å². The van der Waals surface area contributed by atoms with Gasteiger partial charge in [0.1, 0.15) is 5.76 Å². The first-order valence-corrected chi connectivity index (χ1v) is 6.01. The smallest absolute Gasteiger partial charge is 0.118 e. The molecule has 3 rings (SSSR count). The molecule has 0 aromatic heterocycles. The summed E-state index contributed by atoms with van der Waals surface area (Å²) in [7, 11) is 0. The van der Waals surface area contributed by atoms with E-state index in [1.807, 2.05) is 0 Å². The van der Waals surface area contributed by atoms with Gasteiger partial charge in [0.15, 0.2) is 0 Å². The second kappa shape index (κ2) is 4.17. The van der Waals surface area contributed by atoms with E-state index in [9.17, 15) is 0 Å². The van der Waals surface area contributed by atoms with E-state index >= 15 is 0 Å². The second-order valence-corrected chi connectivity index (χ2v) is 4.50.